The van der Waals surface area contributed by atoms with E-state index in [0.717, 1.165) is 70.3 Å². The summed E-state index contributed by atoms with van der Waals surface area (Å²) in [5.41, 5.74) is 0.447. The number of unbranched alkanes of at least 4 members (excludes halogenated alkanes) is 8. The van der Waals surface area contributed by atoms with Gasteiger partial charge in [-0.2, -0.15) is 0 Å². The van der Waals surface area contributed by atoms with E-state index in [0.29, 0.717) is 50.8 Å². The highest BCUT2D eigenvalue weighted by atomic mass is 16.6. The molecule has 0 aromatic heterocycles. The summed E-state index contributed by atoms with van der Waals surface area (Å²) in [6.45, 7) is 9.14. The molecular formula is C44H54O12. The van der Waals surface area contributed by atoms with Crippen LogP contribution in [0.1, 0.15) is 122 Å². The predicted octanol–water partition coefficient (Wildman–Crippen LogP) is 9.03. The second kappa shape index (κ2) is 26.2. The average molecular weight is 775 g/mol. The van der Waals surface area contributed by atoms with Crippen LogP contribution in [0.2, 0.25) is 0 Å². The molecule has 0 saturated carbocycles. The maximum Gasteiger partial charge on any atom is 0.343 e. The minimum Gasteiger partial charge on any atom is -0.494 e. The predicted molar refractivity (Wildman–Crippen MR) is 209 cm³/mol. The minimum absolute atomic E-state index is 0.0451. The molecule has 3 aromatic carbocycles. The molecule has 0 N–H and O–H groups in total. The number of hydrogen-bond donors (Lipinski definition) is 0. The summed E-state index contributed by atoms with van der Waals surface area (Å²) >= 11 is 0. The Kier molecular flexibility index (Phi) is 20.9. The number of carbonyl (C=O) groups excluding carboxylic acids is 5. The Balaban J connectivity index is 1.53. The molecule has 0 radical (unpaired) electrons. The SMILES string of the molecule is C=CC(=O)OCCCCCCOc1ccc(C(=O)Oc2ccc(OC(=O)c3ccc(OCCCCCCOC(=O)CC)cc3)cc2C(=O)OCCCCC)cc1. The summed E-state index contributed by atoms with van der Waals surface area (Å²) in [5, 5.41) is 0. The average Bonchev–Trinajstić information content (AvgIpc) is 3.22. The van der Waals surface area contributed by atoms with Gasteiger partial charge < -0.3 is 33.2 Å². The first kappa shape index (κ1) is 44.7. The molecule has 3 rings (SSSR count). The fourth-order valence-electron chi connectivity index (χ4n) is 5.13. The van der Waals surface area contributed by atoms with Crippen LogP contribution in [0.25, 0.3) is 0 Å². The van der Waals surface area contributed by atoms with Crippen molar-refractivity contribution in [3.8, 4) is 23.0 Å². The zero-order chi connectivity index (χ0) is 40.4. The number of ether oxygens (including phenoxy) is 7. The molecule has 56 heavy (non-hydrogen) atoms. The molecule has 0 saturated heterocycles. The van der Waals surface area contributed by atoms with Crippen molar-refractivity contribution < 1.29 is 57.1 Å². The first-order chi connectivity index (χ1) is 27.2. The number of carbonyl (C=O) groups is 5. The lowest BCUT2D eigenvalue weighted by Crippen LogP contribution is -2.14. The van der Waals surface area contributed by atoms with Crippen molar-refractivity contribution in [3.63, 3.8) is 0 Å². The van der Waals surface area contributed by atoms with E-state index in [2.05, 4.69) is 6.58 Å². The summed E-state index contributed by atoms with van der Waals surface area (Å²) in [5.74, 6) is -1.46. The fraction of sp³-hybridized carbons (Fsp3) is 0.432. The van der Waals surface area contributed by atoms with Gasteiger partial charge in [0.1, 0.15) is 28.6 Å². The number of benzene rings is 3. The van der Waals surface area contributed by atoms with Crippen LogP contribution in [0.4, 0.5) is 0 Å². The van der Waals surface area contributed by atoms with E-state index in [-0.39, 0.29) is 40.8 Å². The van der Waals surface area contributed by atoms with Crippen molar-refractivity contribution in [2.24, 2.45) is 0 Å². The quantitative estimate of drug-likeness (QED) is 0.0239. The van der Waals surface area contributed by atoms with E-state index < -0.39 is 23.9 Å². The van der Waals surface area contributed by atoms with E-state index in [1.165, 1.54) is 18.2 Å². The van der Waals surface area contributed by atoms with Gasteiger partial charge in [-0.15, -0.1) is 0 Å². The standard InChI is InChI=1S/C44H54O12/c1-4-7-12-31-54-44(49)38-32-37(55-42(47)33-17-21-35(22-18-33)50-27-13-8-10-15-29-52-40(45)5-2)25-26-39(38)56-43(48)34-19-23-36(24-20-34)51-28-14-9-11-16-30-53-41(46)6-3/h6,17-26,32H,3-5,7-16,27-31H2,1-2H3. The van der Waals surface area contributed by atoms with Crippen molar-refractivity contribution in [2.75, 3.05) is 33.0 Å². The summed E-state index contributed by atoms with van der Waals surface area (Å²) < 4.78 is 38.3. The maximum atomic E-state index is 13.2. The van der Waals surface area contributed by atoms with Crippen molar-refractivity contribution >= 4 is 29.8 Å². The third-order valence-electron chi connectivity index (χ3n) is 8.32. The first-order valence-electron chi connectivity index (χ1n) is 19.4. The molecule has 0 fully saturated rings. The van der Waals surface area contributed by atoms with Crippen LogP contribution in [0, 0.1) is 0 Å². The van der Waals surface area contributed by atoms with Crippen LogP contribution < -0.4 is 18.9 Å². The number of hydrogen-bond acceptors (Lipinski definition) is 12. The zero-order valence-corrected chi connectivity index (χ0v) is 32.6. The Bertz CT molecular complexity index is 1680. The highest BCUT2D eigenvalue weighted by molar-refractivity contribution is 5.97. The summed E-state index contributed by atoms with van der Waals surface area (Å²) in [7, 11) is 0. The maximum absolute atomic E-state index is 13.2. The largest absolute Gasteiger partial charge is 0.494 e. The molecule has 12 nitrogen and oxygen atoms in total. The Morgan fingerprint density at radius 2 is 1.00 bits per heavy atom. The van der Waals surface area contributed by atoms with Crippen molar-refractivity contribution in [1.82, 2.24) is 0 Å². The minimum atomic E-state index is -0.718. The Labute approximate surface area is 329 Å². The molecule has 3 aromatic rings. The zero-order valence-electron chi connectivity index (χ0n) is 32.6. The number of esters is 5. The van der Waals surface area contributed by atoms with Crippen LogP contribution in [-0.2, 0) is 23.8 Å². The highest BCUT2D eigenvalue weighted by Gasteiger charge is 2.21. The topological polar surface area (TPSA) is 150 Å². The molecule has 302 valence electrons. The Hall–Kier alpha value is -5.65. The van der Waals surface area contributed by atoms with E-state index in [1.807, 2.05) is 6.92 Å². The van der Waals surface area contributed by atoms with Gasteiger partial charge in [-0.1, -0.05) is 33.3 Å². The van der Waals surface area contributed by atoms with Crippen LogP contribution in [0.3, 0.4) is 0 Å². The molecule has 0 unspecified atom stereocenters. The molecule has 0 amide bonds. The molecule has 0 spiro atoms. The summed E-state index contributed by atoms with van der Waals surface area (Å²) in [6.07, 6.45) is 10.9. The van der Waals surface area contributed by atoms with Gasteiger partial charge in [0.15, 0.2) is 0 Å². The molecule has 0 aliphatic carbocycles. The lowest BCUT2D eigenvalue weighted by molar-refractivity contribution is -0.143. The molecule has 0 aliphatic rings. The lowest BCUT2D eigenvalue weighted by atomic mass is 10.1. The van der Waals surface area contributed by atoms with E-state index in [1.54, 1.807) is 55.5 Å². The first-order valence-corrected chi connectivity index (χ1v) is 19.4. The van der Waals surface area contributed by atoms with Gasteiger partial charge in [0.25, 0.3) is 0 Å². The van der Waals surface area contributed by atoms with Crippen LogP contribution >= 0.6 is 0 Å². The Morgan fingerprint density at radius 3 is 1.54 bits per heavy atom. The van der Waals surface area contributed by atoms with Gasteiger partial charge in [0.05, 0.1) is 44.2 Å². The third-order valence-corrected chi connectivity index (χ3v) is 8.32. The summed E-state index contributed by atoms with van der Waals surface area (Å²) in [4.78, 5) is 61.6. The Morgan fingerprint density at radius 1 is 0.518 bits per heavy atom. The van der Waals surface area contributed by atoms with Gasteiger partial charge in [-0.25, -0.2) is 19.2 Å². The van der Waals surface area contributed by atoms with Gasteiger partial charge >= 0.3 is 29.8 Å². The van der Waals surface area contributed by atoms with Crippen LogP contribution in [0.15, 0.2) is 79.4 Å². The second-order valence-corrected chi connectivity index (χ2v) is 12.8. The third kappa shape index (κ3) is 17.2. The van der Waals surface area contributed by atoms with Gasteiger partial charge in [0.2, 0.25) is 0 Å². The second-order valence-electron chi connectivity index (χ2n) is 12.8. The van der Waals surface area contributed by atoms with Gasteiger partial charge in [-0.3, -0.25) is 4.79 Å². The van der Waals surface area contributed by atoms with Crippen LogP contribution in [-0.4, -0.2) is 62.9 Å². The molecular weight excluding hydrogens is 720 g/mol. The summed E-state index contributed by atoms with van der Waals surface area (Å²) in [6, 6.07) is 17.1. The molecule has 0 atom stereocenters. The monoisotopic (exact) mass is 774 g/mol. The van der Waals surface area contributed by atoms with Crippen molar-refractivity contribution in [1.29, 1.82) is 0 Å². The van der Waals surface area contributed by atoms with E-state index in [9.17, 15) is 24.0 Å². The molecule has 0 heterocycles. The fourth-order valence-corrected chi connectivity index (χ4v) is 5.13. The van der Waals surface area contributed by atoms with Crippen molar-refractivity contribution in [3.05, 3.63) is 96.1 Å². The van der Waals surface area contributed by atoms with E-state index >= 15 is 0 Å². The molecule has 12 heteroatoms. The number of rotatable bonds is 27. The van der Waals surface area contributed by atoms with Crippen LogP contribution in [0.5, 0.6) is 23.0 Å². The van der Waals surface area contributed by atoms with E-state index in [4.69, 9.17) is 33.2 Å². The lowest BCUT2D eigenvalue weighted by Gasteiger charge is -2.13. The van der Waals surface area contributed by atoms with Crippen molar-refractivity contribution in [2.45, 2.75) is 90.9 Å². The highest BCUT2D eigenvalue weighted by Crippen LogP contribution is 2.28. The van der Waals surface area contributed by atoms with Gasteiger partial charge in [-0.05, 0) is 125 Å². The van der Waals surface area contributed by atoms with Gasteiger partial charge in [0, 0.05) is 12.5 Å². The smallest absolute Gasteiger partial charge is 0.343 e. The molecule has 0 bridgehead atoms. The molecule has 0 aliphatic heterocycles. The normalized spacial score (nSPS) is 10.5.